The first-order chi connectivity index (χ1) is 8.69. The number of likely N-dealkylation sites (tertiary alicyclic amines) is 1. The summed E-state index contributed by atoms with van der Waals surface area (Å²) in [5.74, 6) is 0.820. The molecule has 0 aromatic carbocycles. The fourth-order valence-corrected chi connectivity index (χ4v) is 2.39. The van der Waals surface area contributed by atoms with Gasteiger partial charge in [0.1, 0.15) is 5.82 Å². The number of hydrogen-bond acceptors (Lipinski definition) is 5. The zero-order valence-electron chi connectivity index (χ0n) is 11.6. The summed E-state index contributed by atoms with van der Waals surface area (Å²) in [6.07, 6.45) is 6.14. The molecule has 0 bridgehead atoms. The molecule has 1 aliphatic heterocycles. The van der Waals surface area contributed by atoms with Crippen molar-refractivity contribution in [1.29, 1.82) is 0 Å². The van der Waals surface area contributed by atoms with Crippen LogP contribution in [0.3, 0.4) is 0 Å². The normalized spacial score (nSPS) is 18.2. The van der Waals surface area contributed by atoms with Crippen LogP contribution in [-0.2, 0) is 6.54 Å². The summed E-state index contributed by atoms with van der Waals surface area (Å²) in [6.45, 7) is 3.27. The Kier molecular flexibility index (Phi) is 4.49. The van der Waals surface area contributed by atoms with Crippen molar-refractivity contribution in [2.75, 3.05) is 39.5 Å². The van der Waals surface area contributed by atoms with Gasteiger partial charge in [-0.05, 0) is 40.0 Å². The lowest BCUT2D eigenvalue weighted by atomic mass is 10.0. The summed E-state index contributed by atoms with van der Waals surface area (Å²) < 4.78 is 0. The molecule has 1 aliphatic rings. The number of aromatic nitrogens is 2. The van der Waals surface area contributed by atoms with Gasteiger partial charge in [0.05, 0.1) is 18.1 Å². The fraction of sp³-hybridized carbons (Fsp3) is 0.692. The van der Waals surface area contributed by atoms with Crippen molar-refractivity contribution in [2.24, 2.45) is 0 Å². The molecular weight excluding hydrogens is 226 g/mol. The van der Waals surface area contributed by atoms with Crippen LogP contribution in [0.1, 0.15) is 18.5 Å². The van der Waals surface area contributed by atoms with Gasteiger partial charge in [0.25, 0.3) is 0 Å². The average molecular weight is 249 g/mol. The monoisotopic (exact) mass is 249 g/mol. The minimum Gasteiger partial charge on any atom is -0.372 e. The zero-order chi connectivity index (χ0) is 13.0. The first kappa shape index (κ1) is 13.2. The minimum absolute atomic E-state index is 0.673. The summed E-state index contributed by atoms with van der Waals surface area (Å²) in [5.41, 5.74) is 1.04. The molecule has 1 aromatic rings. The summed E-state index contributed by atoms with van der Waals surface area (Å²) >= 11 is 0. The second-order valence-electron chi connectivity index (χ2n) is 5.09. The maximum Gasteiger partial charge on any atom is 0.144 e. The Morgan fingerprint density at radius 3 is 2.61 bits per heavy atom. The number of hydrogen-bond donors (Lipinski definition) is 1. The molecule has 1 N–H and O–H groups in total. The summed E-state index contributed by atoms with van der Waals surface area (Å²) in [5, 5.41) is 2.98. The first-order valence-corrected chi connectivity index (χ1v) is 6.56. The van der Waals surface area contributed by atoms with Crippen LogP contribution in [0.5, 0.6) is 0 Å². The van der Waals surface area contributed by atoms with Gasteiger partial charge in [0.15, 0.2) is 0 Å². The molecule has 1 aromatic heterocycles. The van der Waals surface area contributed by atoms with E-state index >= 15 is 0 Å². The van der Waals surface area contributed by atoms with Gasteiger partial charge in [-0.3, -0.25) is 9.88 Å². The van der Waals surface area contributed by atoms with Crippen molar-refractivity contribution >= 4 is 5.82 Å². The zero-order valence-corrected chi connectivity index (χ0v) is 11.6. The minimum atomic E-state index is 0.673. The Labute approximate surface area is 109 Å². The van der Waals surface area contributed by atoms with E-state index in [1.165, 1.54) is 25.9 Å². The number of anilines is 1. The predicted octanol–water partition coefficient (Wildman–Crippen LogP) is 1.04. The topological polar surface area (TPSA) is 44.3 Å². The molecule has 18 heavy (non-hydrogen) atoms. The van der Waals surface area contributed by atoms with Gasteiger partial charge in [0.2, 0.25) is 0 Å². The largest absolute Gasteiger partial charge is 0.372 e. The van der Waals surface area contributed by atoms with E-state index in [2.05, 4.69) is 39.2 Å². The van der Waals surface area contributed by atoms with Crippen LogP contribution in [0.2, 0.25) is 0 Å². The highest BCUT2D eigenvalue weighted by Crippen LogP contribution is 2.15. The maximum absolute atomic E-state index is 4.42. The van der Waals surface area contributed by atoms with Gasteiger partial charge in [-0.2, -0.15) is 0 Å². The lowest BCUT2D eigenvalue weighted by Crippen LogP contribution is -2.41. The van der Waals surface area contributed by atoms with E-state index in [-0.39, 0.29) is 0 Å². The molecule has 0 radical (unpaired) electrons. The smallest absolute Gasteiger partial charge is 0.144 e. The van der Waals surface area contributed by atoms with Crippen LogP contribution < -0.4 is 5.32 Å². The third kappa shape index (κ3) is 3.40. The van der Waals surface area contributed by atoms with Crippen molar-refractivity contribution in [3.63, 3.8) is 0 Å². The van der Waals surface area contributed by atoms with Gasteiger partial charge in [-0.1, -0.05) is 0 Å². The number of nitrogens with one attached hydrogen (secondary N) is 1. The van der Waals surface area contributed by atoms with Crippen molar-refractivity contribution in [2.45, 2.75) is 25.4 Å². The molecule has 5 nitrogen and oxygen atoms in total. The second-order valence-corrected chi connectivity index (χ2v) is 5.09. The quantitative estimate of drug-likeness (QED) is 0.864. The van der Waals surface area contributed by atoms with Crippen molar-refractivity contribution in [3.05, 3.63) is 18.1 Å². The Bertz CT molecular complexity index is 356. The predicted molar refractivity (Wildman–Crippen MR) is 73.6 cm³/mol. The molecule has 2 heterocycles. The summed E-state index contributed by atoms with van der Waals surface area (Å²) in [7, 11) is 6.23. The van der Waals surface area contributed by atoms with E-state index in [9.17, 15) is 0 Å². The van der Waals surface area contributed by atoms with E-state index in [4.69, 9.17) is 0 Å². The SMILES string of the molecule is CNc1cnc(CN(C)C2CCN(C)CC2)cn1. The van der Waals surface area contributed by atoms with Crippen LogP contribution in [0.4, 0.5) is 5.82 Å². The molecule has 0 amide bonds. The molecule has 0 aliphatic carbocycles. The summed E-state index contributed by atoms with van der Waals surface area (Å²) in [6, 6.07) is 0.673. The van der Waals surface area contributed by atoms with E-state index in [1.807, 2.05) is 13.2 Å². The van der Waals surface area contributed by atoms with Gasteiger partial charge >= 0.3 is 0 Å². The number of rotatable bonds is 4. The van der Waals surface area contributed by atoms with E-state index in [0.29, 0.717) is 6.04 Å². The third-order valence-corrected chi connectivity index (χ3v) is 3.68. The highest BCUT2D eigenvalue weighted by molar-refractivity contribution is 5.29. The highest BCUT2D eigenvalue weighted by Gasteiger charge is 2.20. The number of nitrogens with zero attached hydrogens (tertiary/aromatic N) is 4. The van der Waals surface area contributed by atoms with Crippen LogP contribution in [-0.4, -0.2) is 60.0 Å². The highest BCUT2D eigenvalue weighted by atomic mass is 15.2. The molecule has 1 saturated heterocycles. The third-order valence-electron chi connectivity index (χ3n) is 3.68. The van der Waals surface area contributed by atoms with Crippen molar-refractivity contribution in [1.82, 2.24) is 19.8 Å². The van der Waals surface area contributed by atoms with Crippen molar-refractivity contribution in [3.8, 4) is 0 Å². The van der Waals surface area contributed by atoms with E-state index < -0.39 is 0 Å². The van der Waals surface area contributed by atoms with E-state index in [1.54, 1.807) is 6.20 Å². The van der Waals surface area contributed by atoms with Crippen LogP contribution in [0.25, 0.3) is 0 Å². The van der Waals surface area contributed by atoms with Gasteiger partial charge in [-0.25, -0.2) is 4.98 Å². The standard InChI is InChI=1S/C13H23N5/c1-14-13-9-15-11(8-16-13)10-18(3)12-4-6-17(2)7-5-12/h8-9,12H,4-7,10H2,1-3H3,(H,14,16). The first-order valence-electron chi connectivity index (χ1n) is 6.56. The lowest BCUT2D eigenvalue weighted by Gasteiger charge is -2.34. The van der Waals surface area contributed by atoms with Gasteiger partial charge < -0.3 is 10.2 Å². The fourth-order valence-electron chi connectivity index (χ4n) is 2.39. The summed E-state index contributed by atoms with van der Waals surface area (Å²) in [4.78, 5) is 13.5. The van der Waals surface area contributed by atoms with E-state index in [0.717, 1.165) is 18.1 Å². The van der Waals surface area contributed by atoms with Crippen LogP contribution >= 0.6 is 0 Å². The molecular formula is C13H23N5. The maximum atomic E-state index is 4.42. The lowest BCUT2D eigenvalue weighted by molar-refractivity contribution is 0.138. The molecule has 100 valence electrons. The molecule has 1 fully saturated rings. The van der Waals surface area contributed by atoms with Gasteiger partial charge in [-0.15, -0.1) is 0 Å². The van der Waals surface area contributed by atoms with Crippen LogP contribution in [0, 0.1) is 0 Å². The Hall–Kier alpha value is -1.20. The average Bonchev–Trinajstić information content (AvgIpc) is 2.40. The Morgan fingerprint density at radius 2 is 2.06 bits per heavy atom. The molecule has 2 rings (SSSR count). The van der Waals surface area contributed by atoms with Crippen LogP contribution in [0.15, 0.2) is 12.4 Å². The van der Waals surface area contributed by atoms with Gasteiger partial charge in [0, 0.05) is 19.6 Å². The molecule has 0 saturated carbocycles. The molecule has 0 spiro atoms. The molecule has 0 atom stereocenters. The second kappa shape index (κ2) is 6.11. The Morgan fingerprint density at radius 1 is 1.33 bits per heavy atom. The Balaban J connectivity index is 1.87. The molecule has 5 heteroatoms. The molecule has 0 unspecified atom stereocenters. The number of piperidine rings is 1. The van der Waals surface area contributed by atoms with Crippen molar-refractivity contribution < 1.29 is 0 Å².